The van der Waals surface area contributed by atoms with Crippen molar-refractivity contribution in [1.82, 2.24) is 9.97 Å². The Labute approximate surface area is 89.2 Å². The van der Waals surface area contributed by atoms with Crippen LogP contribution in [0.5, 0.6) is 0 Å². The molecule has 5 heteroatoms. The molecule has 2 heterocycles. The Morgan fingerprint density at radius 1 is 1.46 bits per heavy atom. The normalized spacial score (nSPS) is 10.8. The fourth-order valence-electron chi connectivity index (χ4n) is 0.997. The summed E-state index contributed by atoms with van der Waals surface area (Å²) >= 11 is 5.25. The number of thiophene rings is 1. The number of rotatable bonds is 3. The Balaban J connectivity index is 2.37. The highest BCUT2D eigenvalue weighted by molar-refractivity contribution is 8.15. The molecule has 68 valence electrons. The number of hydrogen-bond donors (Lipinski definition) is 0. The van der Waals surface area contributed by atoms with Gasteiger partial charge < -0.3 is 0 Å². The number of aromatic nitrogens is 2. The molecule has 0 aromatic carbocycles. The van der Waals surface area contributed by atoms with Gasteiger partial charge in [-0.05, 0) is 17.7 Å². The summed E-state index contributed by atoms with van der Waals surface area (Å²) < 4.78 is 0. The lowest BCUT2D eigenvalue weighted by atomic mass is 10.4. The van der Waals surface area contributed by atoms with E-state index in [2.05, 4.69) is 27.7 Å². The molecule has 0 amide bonds. The van der Waals surface area contributed by atoms with E-state index in [4.69, 9.17) is 0 Å². The standard InChI is InChI=1S/C8H8N2S3/c1-11-5-13-8-6-2-3-12-7(6)9-4-10-8/h2-4H,5H2,1H3. The highest BCUT2D eigenvalue weighted by atomic mass is 32.2. The Hall–Kier alpha value is -0.260. The van der Waals surface area contributed by atoms with Gasteiger partial charge in [-0.25, -0.2) is 9.97 Å². The van der Waals surface area contributed by atoms with Crippen LogP contribution in [0.15, 0.2) is 22.8 Å². The van der Waals surface area contributed by atoms with Crippen LogP contribution in [0.1, 0.15) is 0 Å². The average Bonchev–Trinajstić information content (AvgIpc) is 2.62. The Kier molecular flexibility index (Phi) is 3.08. The third-order valence-corrected chi connectivity index (χ3v) is 4.37. The summed E-state index contributed by atoms with van der Waals surface area (Å²) in [4.78, 5) is 9.54. The van der Waals surface area contributed by atoms with Gasteiger partial charge in [0.1, 0.15) is 16.2 Å². The first-order chi connectivity index (χ1) is 6.42. The second-order valence-electron chi connectivity index (χ2n) is 2.37. The van der Waals surface area contributed by atoms with Crippen molar-refractivity contribution in [2.75, 3.05) is 11.3 Å². The van der Waals surface area contributed by atoms with E-state index >= 15 is 0 Å². The van der Waals surface area contributed by atoms with Gasteiger partial charge in [0.15, 0.2) is 0 Å². The number of nitrogens with zero attached hydrogens (tertiary/aromatic N) is 2. The highest BCUT2D eigenvalue weighted by Crippen LogP contribution is 2.28. The minimum Gasteiger partial charge on any atom is -0.229 e. The van der Waals surface area contributed by atoms with Gasteiger partial charge in [0.2, 0.25) is 0 Å². The van der Waals surface area contributed by atoms with Crippen LogP contribution in [0, 0.1) is 0 Å². The fourth-order valence-corrected chi connectivity index (χ4v) is 3.15. The van der Waals surface area contributed by atoms with E-state index < -0.39 is 0 Å². The Morgan fingerprint density at radius 3 is 3.23 bits per heavy atom. The predicted molar refractivity (Wildman–Crippen MR) is 61.7 cm³/mol. The summed E-state index contributed by atoms with van der Waals surface area (Å²) in [6.07, 6.45) is 3.74. The minimum atomic E-state index is 1.04. The lowest BCUT2D eigenvalue weighted by molar-refractivity contribution is 1.11. The molecule has 0 spiro atoms. The molecule has 0 saturated carbocycles. The minimum absolute atomic E-state index is 1.04. The predicted octanol–water partition coefficient (Wildman–Crippen LogP) is 3.10. The third-order valence-electron chi connectivity index (χ3n) is 1.54. The number of thioether (sulfide) groups is 2. The average molecular weight is 228 g/mol. The van der Waals surface area contributed by atoms with Crippen molar-refractivity contribution in [2.45, 2.75) is 5.03 Å². The molecular weight excluding hydrogens is 220 g/mol. The van der Waals surface area contributed by atoms with Crippen molar-refractivity contribution >= 4 is 45.1 Å². The molecule has 0 saturated heterocycles. The summed E-state index contributed by atoms with van der Waals surface area (Å²) in [7, 11) is 0. The van der Waals surface area contributed by atoms with Crippen LogP contribution in [0.25, 0.3) is 10.2 Å². The Bertz CT molecular complexity index is 399. The number of hydrogen-bond acceptors (Lipinski definition) is 5. The van der Waals surface area contributed by atoms with E-state index in [-0.39, 0.29) is 0 Å². The molecule has 2 nitrogen and oxygen atoms in total. The largest absolute Gasteiger partial charge is 0.229 e. The maximum absolute atomic E-state index is 4.26. The molecule has 0 atom stereocenters. The quantitative estimate of drug-likeness (QED) is 0.458. The first-order valence-electron chi connectivity index (χ1n) is 3.72. The van der Waals surface area contributed by atoms with Gasteiger partial charge in [-0.1, -0.05) is 11.8 Å². The second kappa shape index (κ2) is 4.30. The zero-order valence-electron chi connectivity index (χ0n) is 7.06. The van der Waals surface area contributed by atoms with Crippen molar-refractivity contribution < 1.29 is 0 Å². The summed E-state index contributed by atoms with van der Waals surface area (Å²) in [5.41, 5.74) is 0. The van der Waals surface area contributed by atoms with E-state index in [9.17, 15) is 0 Å². The van der Waals surface area contributed by atoms with Crippen LogP contribution in [-0.2, 0) is 0 Å². The molecule has 0 unspecified atom stereocenters. The van der Waals surface area contributed by atoms with Crippen LogP contribution in [-0.4, -0.2) is 21.3 Å². The Morgan fingerprint density at radius 2 is 2.38 bits per heavy atom. The maximum atomic E-state index is 4.26. The molecule has 2 aromatic heterocycles. The van der Waals surface area contributed by atoms with Crippen LogP contribution >= 0.6 is 34.9 Å². The third kappa shape index (κ3) is 1.98. The summed E-state index contributed by atoms with van der Waals surface area (Å²) in [6, 6.07) is 2.09. The van der Waals surface area contributed by atoms with Gasteiger partial charge in [-0.2, -0.15) is 11.8 Å². The lowest BCUT2D eigenvalue weighted by Gasteiger charge is -1.98. The zero-order valence-corrected chi connectivity index (χ0v) is 9.51. The van der Waals surface area contributed by atoms with Crippen molar-refractivity contribution in [1.29, 1.82) is 0 Å². The zero-order chi connectivity index (χ0) is 9.10. The SMILES string of the molecule is CSCSc1ncnc2sccc12. The van der Waals surface area contributed by atoms with E-state index in [0.717, 1.165) is 14.9 Å². The van der Waals surface area contributed by atoms with Crippen molar-refractivity contribution in [3.8, 4) is 0 Å². The van der Waals surface area contributed by atoms with Gasteiger partial charge in [0.25, 0.3) is 0 Å². The van der Waals surface area contributed by atoms with E-state index in [1.54, 1.807) is 29.4 Å². The van der Waals surface area contributed by atoms with Crippen LogP contribution in [0.2, 0.25) is 0 Å². The van der Waals surface area contributed by atoms with E-state index in [0.29, 0.717) is 0 Å². The van der Waals surface area contributed by atoms with Gasteiger partial charge >= 0.3 is 0 Å². The molecule has 0 bridgehead atoms. The molecule has 0 fully saturated rings. The van der Waals surface area contributed by atoms with E-state index in [1.165, 1.54) is 5.39 Å². The molecular formula is C8H8N2S3. The maximum Gasteiger partial charge on any atom is 0.127 e. The second-order valence-corrected chi connectivity index (χ2v) is 5.46. The summed E-state index contributed by atoms with van der Waals surface area (Å²) in [5, 5.41) is 5.39. The fraction of sp³-hybridized carbons (Fsp3) is 0.250. The number of fused-ring (bicyclic) bond motifs is 1. The topological polar surface area (TPSA) is 25.8 Å². The lowest BCUT2D eigenvalue weighted by Crippen LogP contribution is -1.82. The van der Waals surface area contributed by atoms with Gasteiger partial charge in [0.05, 0.1) is 0 Å². The first-order valence-corrected chi connectivity index (χ1v) is 6.97. The molecule has 0 aliphatic carbocycles. The molecule has 0 radical (unpaired) electrons. The molecule has 0 aliphatic rings. The molecule has 0 aliphatic heterocycles. The van der Waals surface area contributed by atoms with Crippen molar-refractivity contribution in [3.63, 3.8) is 0 Å². The summed E-state index contributed by atoms with van der Waals surface area (Å²) in [5.74, 6) is 0. The van der Waals surface area contributed by atoms with Crippen molar-refractivity contribution in [3.05, 3.63) is 17.8 Å². The highest BCUT2D eigenvalue weighted by Gasteiger charge is 2.03. The van der Waals surface area contributed by atoms with E-state index in [1.807, 2.05) is 11.8 Å². The first kappa shape index (κ1) is 9.30. The van der Waals surface area contributed by atoms with Crippen LogP contribution in [0.4, 0.5) is 0 Å². The molecule has 2 aromatic rings. The van der Waals surface area contributed by atoms with Gasteiger partial charge in [-0.3, -0.25) is 0 Å². The van der Waals surface area contributed by atoms with Crippen LogP contribution < -0.4 is 0 Å². The van der Waals surface area contributed by atoms with Crippen molar-refractivity contribution in [2.24, 2.45) is 0 Å². The van der Waals surface area contributed by atoms with Gasteiger partial charge in [-0.15, -0.1) is 11.3 Å². The smallest absolute Gasteiger partial charge is 0.127 e. The molecule has 0 N–H and O–H groups in total. The van der Waals surface area contributed by atoms with Crippen LogP contribution in [0.3, 0.4) is 0 Å². The monoisotopic (exact) mass is 228 g/mol. The summed E-state index contributed by atoms with van der Waals surface area (Å²) in [6.45, 7) is 0. The van der Waals surface area contributed by atoms with Gasteiger partial charge in [0, 0.05) is 10.5 Å². The molecule has 2 rings (SSSR count). The molecule has 13 heavy (non-hydrogen) atoms.